The highest BCUT2D eigenvalue weighted by Crippen LogP contribution is 2.42. The summed E-state index contributed by atoms with van der Waals surface area (Å²) >= 11 is 0. The lowest BCUT2D eigenvalue weighted by atomic mass is 9.99. The fraction of sp³-hybridized carbons (Fsp3) is 0.309. The zero-order valence-corrected chi connectivity index (χ0v) is 85.3. The van der Waals surface area contributed by atoms with E-state index in [4.69, 9.17) is 34.2 Å². The van der Waals surface area contributed by atoms with Gasteiger partial charge >= 0.3 is 0 Å². The van der Waals surface area contributed by atoms with Crippen molar-refractivity contribution >= 4 is 104 Å². The second-order valence-corrected chi connectivity index (χ2v) is 46.7. The summed E-state index contributed by atoms with van der Waals surface area (Å²) in [6.45, 7) is 4.76. The van der Waals surface area contributed by atoms with Crippen LogP contribution in [0.1, 0.15) is 86.5 Å². The number of hydrogen-bond acceptors (Lipinski definition) is 25. The van der Waals surface area contributed by atoms with Gasteiger partial charge in [-0.3, -0.25) is 29.9 Å². The van der Waals surface area contributed by atoms with E-state index in [1.165, 1.54) is 52.8 Å². The molecule has 20 rings (SSSR count). The number of pyridine rings is 6. The number of nitriles is 2. The minimum absolute atomic E-state index is 0.00634. The maximum absolute atomic E-state index is 11.8. The predicted molar refractivity (Wildman–Crippen MR) is 565 cm³/mol. The Morgan fingerprint density at radius 3 is 0.745 bits per heavy atom. The summed E-state index contributed by atoms with van der Waals surface area (Å²) in [5, 5.41) is 46.5. The minimum atomic E-state index is -3.16. The second kappa shape index (κ2) is 47.2. The van der Waals surface area contributed by atoms with E-state index in [2.05, 4.69) is 72.4 Å². The molecule has 11 heterocycles. The third kappa shape index (κ3) is 27.6. The number of hydrogen-bond donors (Lipinski definition) is 2. The summed E-state index contributed by atoms with van der Waals surface area (Å²) < 4.78 is 157. The van der Waals surface area contributed by atoms with Crippen molar-refractivity contribution in [2.75, 3.05) is 96.7 Å². The van der Waals surface area contributed by atoms with Gasteiger partial charge in [0.2, 0.25) is 50.1 Å². The van der Waals surface area contributed by atoms with Gasteiger partial charge in [0.1, 0.15) is 59.3 Å². The summed E-state index contributed by atoms with van der Waals surface area (Å²) in [6.07, 6.45) is 34.7. The third-order valence-electron chi connectivity index (χ3n) is 26.4. The molecule has 2 N–H and O–H groups in total. The number of benzene rings is 9. The first kappa shape index (κ1) is 104. The number of fused-ring (bicyclic) bond motifs is 5. The van der Waals surface area contributed by atoms with Crippen molar-refractivity contribution < 1.29 is 76.0 Å². The number of rotatable bonds is 24. The van der Waals surface area contributed by atoms with Crippen LogP contribution in [-0.2, 0) is 76.2 Å². The minimum Gasteiger partial charge on any atom is -0.490 e. The van der Waals surface area contributed by atoms with Crippen LogP contribution in [0.2, 0.25) is 0 Å². The van der Waals surface area contributed by atoms with Crippen molar-refractivity contribution in [3.05, 3.63) is 297 Å². The monoisotopic (exact) mass is 2050 g/mol. The van der Waals surface area contributed by atoms with Crippen LogP contribution in [0.4, 0.5) is 0 Å². The van der Waals surface area contributed by atoms with E-state index in [1.807, 2.05) is 176 Å². The first-order chi connectivity index (χ1) is 69.7. The molecule has 752 valence electrons. The molecular formula is C110H115N13O17S5. The molecule has 0 aliphatic carbocycles. The van der Waals surface area contributed by atoms with Crippen molar-refractivity contribution in [1.29, 1.82) is 10.5 Å². The quantitative estimate of drug-likeness (QED) is 0.0567. The molecule has 15 aromatic rings. The maximum atomic E-state index is 11.8. The van der Waals surface area contributed by atoms with Crippen molar-refractivity contribution in [2.24, 2.45) is 0 Å². The molecule has 0 spiro atoms. The molecule has 6 aromatic heterocycles. The van der Waals surface area contributed by atoms with Gasteiger partial charge in [-0.05, 0) is 278 Å². The number of ether oxygens (including phenoxy) is 5. The molecule has 9 aromatic carbocycles. The van der Waals surface area contributed by atoms with Crippen LogP contribution in [-0.4, -0.2) is 231 Å². The van der Waals surface area contributed by atoms with Crippen molar-refractivity contribution in [1.82, 2.24) is 51.4 Å². The molecule has 5 aliphatic heterocycles. The average molecular weight is 2050 g/mol. The highest BCUT2D eigenvalue weighted by Gasteiger charge is 2.33. The lowest BCUT2D eigenvalue weighted by molar-refractivity contribution is 0.137. The van der Waals surface area contributed by atoms with E-state index in [0.29, 0.717) is 142 Å². The number of aliphatic hydroxyl groups is 2. The Morgan fingerprint density at radius 2 is 0.490 bits per heavy atom. The standard InChI is InChI=1S/2C23H23N3O3S.2C22H24N2O4S.C20H21N3O3S/c1-30(27,28)26-12-8-21(9-13-26)29-23-15-20(14-19-7-11-25-16-22(19)23)18-4-2-17(3-5-18)6-10-24;1-30(27,28)26-11-7-21(8-12-26)29-23-15-20(14-19-6-10-25-16-22(19)23)18-4-2-3-17(13-18)5-9-24;1-29(26,27)24-10-7-20(8-11-24)28-22-13-19(12-18-6-9-23-14-21(18)22)17-4-2-16(15-25)3-5-17;1-29(26,27)24-9-6-20(7-10-24)28-22-13-19(12-18-5-8-23-14-21(18)22)17-4-2-3-16(11-17)15-25;1-27(24,25)23-10-5-18(6-11-23)26-20-13-17(15-2-7-21-8-3-15)12-16-4-9-22-14-19(16)20/h2-5,7,11,14-16,21H,6,8-9,12-13H2,1H3;2-4,6,10,13-16,21H,5,7-8,11-12H2,1H3;2-6,9,12-14,20,25H,7-8,10-11,15H2,1H3;2-5,8,11-14,20,25H,6-7,9-10,15H2,1H3;2-4,7-9,12-14,18H,5-6,10-11H2,1H3. The zero-order valence-electron chi connectivity index (χ0n) is 81.2. The van der Waals surface area contributed by atoms with Gasteiger partial charge in [-0.15, -0.1) is 0 Å². The molecule has 35 heteroatoms. The zero-order chi connectivity index (χ0) is 102. The van der Waals surface area contributed by atoms with Gasteiger partial charge in [0.15, 0.2) is 0 Å². The Labute approximate surface area is 846 Å². The maximum Gasteiger partial charge on any atom is 0.211 e. The van der Waals surface area contributed by atoms with E-state index < -0.39 is 50.1 Å². The molecule has 0 unspecified atom stereocenters. The van der Waals surface area contributed by atoms with Crippen molar-refractivity contribution in [2.45, 2.75) is 121 Å². The van der Waals surface area contributed by atoms with Crippen molar-refractivity contribution in [3.8, 4) is 96.5 Å². The van der Waals surface area contributed by atoms with Gasteiger partial charge in [0.05, 0.1) is 69.5 Å². The Morgan fingerprint density at radius 1 is 0.262 bits per heavy atom. The number of piperidine rings is 5. The fourth-order valence-corrected chi connectivity index (χ4v) is 22.9. The SMILES string of the molecule is CS(=O)(=O)N1CCC(Oc2cc(-c3ccc(CC#N)cc3)cc3ccncc23)CC1.CS(=O)(=O)N1CCC(Oc2cc(-c3ccc(CO)cc3)cc3ccncc23)CC1.CS(=O)(=O)N1CCC(Oc2cc(-c3cccc(CC#N)c3)cc3ccncc23)CC1.CS(=O)(=O)N1CCC(Oc2cc(-c3cccc(CO)c3)cc3ccncc23)CC1.CS(=O)(=O)N1CCC(Oc2cc(-c3ccncc3)cc3ccncc23)CC1. The van der Waals surface area contributed by atoms with Crippen LogP contribution < -0.4 is 23.7 Å². The summed E-state index contributed by atoms with van der Waals surface area (Å²) in [4.78, 5) is 25.3. The van der Waals surface area contributed by atoms with E-state index in [1.54, 1.807) is 68.2 Å². The van der Waals surface area contributed by atoms with Gasteiger partial charge < -0.3 is 33.9 Å². The first-order valence-electron chi connectivity index (χ1n) is 48.0. The number of sulfonamides is 5. The Bertz CT molecular complexity index is 7810. The van der Waals surface area contributed by atoms with Crippen LogP contribution >= 0.6 is 0 Å². The first-order valence-corrected chi connectivity index (χ1v) is 57.2. The summed E-state index contributed by atoms with van der Waals surface area (Å²) in [5.41, 5.74) is 14.0. The van der Waals surface area contributed by atoms with Gasteiger partial charge in [0, 0.05) is 167 Å². The largest absolute Gasteiger partial charge is 0.490 e. The van der Waals surface area contributed by atoms with Crippen molar-refractivity contribution in [3.63, 3.8) is 0 Å². The van der Waals surface area contributed by atoms with Gasteiger partial charge in [-0.1, -0.05) is 91.0 Å². The molecule has 5 saturated heterocycles. The van der Waals surface area contributed by atoms with Crippen LogP contribution in [0.3, 0.4) is 0 Å². The summed E-state index contributed by atoms with van der Waals surface area (Å²) in [5.74, 6) is 3.80. The van der Waals surface area contributed by atoms with Gasteiger partial charge in [0.25, 0.3) is 0 Å². The predicted octanol–water partition coefficient (Wildman–Crippen LogP) is 17.0. The highest BCUT2D eigenvalue weighted by molar-refractivity contribution is 7.89. The number of nitrogens with zero attached hydrogens (tertiary/aromatic N) is 13. The lowest BCUT2D eigenvalue weighted by Crippen LogP contribution is -2.41. The van der Waals surface area contributed by atoms with Crippen LogP contribution in [0.15, 0.2) is 275 Å². The molecule has 0 amide bonds. The summed E-state index contributed by atoms with van der Waals surface area (Å²) in [7, 11) is -15.8. The topological polar surface area (TPSA) is 398 Å². The number of aromatic nitrogens is 6. The van der Waals surface area contributed by atoms with Crippen LogP contribution in [0.25, 0.3) is 109 Å². The van der Waals surface area contributed by atoms with E-state index in [9.17, 15) is 52.3 Å². The fourth-order valence-electron chi connectivity index (χ4n) is 18.5. The van der Waals surface area contributed by atoms with E-state index in [-0.39, 0.29) is 43.7 Å². The van der Waals surface area contributed by atoms with Gasteiger partial charge in [-0.25, -0.2) is 63.6 Å². The average Bonchev–Trinajstić information content (AvgIpc) is 0.790. The molecule has 30 nitrogen and oxygen atoms in total. The van der Waals surface area contributed by atoms with E-state index in [0.717, 1.165) is 160 Å². The molecule has 5 aliphatic rings. The molecular weight excluding hydrogens is 1940 g/mol. The Balaban J connectivity index is 0.000000130. The van der Waals surface area contributed by atoms with Crippen LogP contribution in [0.5, 0.6) is 28.7 Å². The van der Waals surface area contributed by atoms with Crippen LogP contribution in [0, 0.1) is 22.7 Å². The van der Waals surface area contributed by atoms with Gasteiger partial charge in [-0.2, -0.15) is 10.5 Å². The highest BCUT2D eigenvalue weighted by atomic mass is 32.2. The second-order valence-electron chi connectivity index (χ2n) is 36.8. The number of aliphatic hydroxyl groups excluding tert-OH is 2. The smallest absolute Gasteiger partial charge is 0.211 e. The van der Waals surface area contributed by atoms with E-state index >= 15 is 0 Å². The lowest BCUT2D eigenvalue weighted by Gasteiger charge is -2.30. The Hall–Kier alpha value is -13.4. The third-order valence-corrected chi connectivity index (χ3v) is 33.0. The molecule has 0 atom stereocenters. The molecule has 145 heavy (non-hydrogen) atoms. The summed E-state index contributed by atoms with van der Waals surface area (Å²) in [6, 6.07) is 70.2. The molecule has 0 bridgehead atoms. The molecule has 0 radical (unpaired) electrons. The normalized spacial score (nSPS) is 16.1. The molecule has 0 saturated carbocycles. The Kier molecular flexibility index (Phi) is 34.0. The molecule has 5 fully saturated rings.